The Morgan fingerprint density at radius 2 is 1.78 bits per heavy atom. The van der Waals surface area contributed by atoms with Crippen molar-refractivity contribution in [2.75, 3.05) is 0 Å². The van der Waals surface area contributed by atoms with E-state index in [-0.39, 0.29) is 5.69 Å². The molecule has 0 aliphatic heterocycles. The second-order valence-corrected chi connectivity index (χ2v) is 1.59. The van der Waals surface area contributed by atoms with Gasteiger partial charge in [0, 0.05) is 12.1 Å². The zero-order valence-electron chi connectivity index (χ0n) is 4.65. The van der Waals surface area contributed by atoms with Crippen LogP contribution in [0.3, 0.4) is 0 Å². The molecular weight excluding hydrogens is 124 g/mol. The van der Waals surface area contributed by atoms with Gasteiger partial charge in [0.25, 0.3) is 5.69 Å². The van der Waals surface area contributed by atoms with Crippen LogP contribution >= 0.6 is 0 Å². The molecule has 0 atom stereocenters. The molecule has 0 heterocycles. The van der Waals surface area contributed by atoms with Gasteiger partial charge in [-0.3, -0.25) is 10.1 Å². The third-order valence-corrected chi connectivity index (χ3v) is 0.967. The Morgan fingerprint density at radius 1 is 1.22 bits per heavy atom. The molecule has 3 heteroatoms. The molecule has 1 aromatic rings. The molecule has 1 aromatic carbocycles. The van der Waals surface area contributed by atoms with Crippen molar-refractivity contribution in [2.24, 2.45) is 0 Å². The largest absolute Gasteiger partial charge is 0.269 e. The molecule has 0 saturated carbocycles. The maximum atomic E-state index is 10.0. The van der Waals surface area contributed by atoms with Crippen LogP contribution in [0.2, 0.25) is 0 Å². The fourth-order valence-corrected chi connectivity index (χ4v) is 0.550. The molecule has 46 valence electrons. The van der Waals surface area contributed by atoms with E-state index in [0.717, 1.165) is 0 Å². The molecule has 3 nitrogen and oxygen atoms in total. The number of benzene rings is 1. The van der Waals surface area contributed by atoms with Gasteiger partial charge in [-0.25, -0.2) is 0 Å². The van der Waals surface area contributed by atoms with Crippen molar-refractivity contribution in [3.63, 3.8) is 0 Å². The molecule has 1 rings (SSSR count). The van der Waals surface area contributed by atoms with Crippen LogP contribution in [0.15, 0.2) is 30.3 Å². The number of para-hydroxylation sites is 1. The van der Waals surface area contributed by atoms with Crippen LogP contribution in [0, 0.1) is 10.1 Å². The highest BCUT2D eigenvalue weighted by Gasteiger charge is 1.98. The Hall–Kier alpha value is -1.38. The highest BCUT2D eigenvalue weighted by atomic mass is 16.6. The van der Waals surface area contributed by atoms with Gasteiger partial charge in [-0.15, -0.1) is 0 Å². The summed E-state index contributed by atoms with van der Waals surface area (Å²) in [6, 6.07) is 7.93. The topological polar surface area (TPSA) is 43.1 Å². The van der Waals surface area contributed by atoms with E-state index in [1.807, 2.05) is 0 Å². The Kier molecular flexibility index (Phi) is 1.44. The predicted molar refractivity (Wildman–Crippen MR) is 33.1 cm³/mol. The van der Waals surface area contributed by atoms with E-state index >= 15 is 0 Å². The zero-order valence-corrected chi connectivity index (χ0v) is 4.65. The summed E-state index contributed by atoms with van der Waals surface area (Å²) in [5, 5.41) is 10.0. The maximum absolute atomic E-state index is 10.0. The van der Waals surface area contributed by atoms with Gasteiger partial charge in [0.2, 0.25) is 0 Å². The fourth-order valence-electron chi connectivity index (χ4n) is 0.550. The number of hydrogen-bond acceptors (Lipinski definition) is 2. The molecule has 0 aromatic heterocycles. The second kappa shape index (κ2) is 2.26. The zero-order chi connectivity index (χ0) is 6.69. The monoisotopic (exact) mass is 129 g/mol. The van der Waals surface area contributed by atoms with Crippen LogP contribution in [0.25, 0.3) is 0 Å². The summed E-state index contributed by atoms with van der Waals surface area (Å²) in [5.74, 6) is 0. The van der Waals surface area contributed by atoms with E-state index in [1.165, 1.54) is 12.1 Å². The van der Waals surface area contributed by atoms with Crippen LogP contribution in [0.1, 0.15) is 0 Å². The van der Waals surface area contributed by atoms with Crippen molar-refractivity contribution < 1.29 is 4.92 Å². The van der Waals surface area contributed by atoms with Crippen molar-refractivity contribution in [1.29, 1.82) is 0 Å². The van der Waals surface area contributed by atoms with Crippen molar-refractivity contribution in [3.05, 3.63) is 40.4 Å². The summed E-state index contributed by atoms with van der Waals surface area (Å²) in [5.41, 5.74) is 0.137. The summed E-state index contributed by atoms with van der Waals surface area (Å²) in [7, 11) is 0. The van der Waals surface area contributed by atoms with Gasteiger partial charge in [0.15, 0.2) is 0 Å². The summed E-state index contributed by atoms with van der Waals surface area (Å²) >= 11 is 0. The SMILES string of the molecule is O=[N+]([O-])[13c]1[13cH][13cH][13cH][13cH][13cH]1. The molecule has 0 radical (unpaired) electrons. The average Bonchev–Trinajstić information content (AvgIpc) is 1.90. The minimum absolute atomic E-state index is 0.137. The Labute approximate surface area is 52.1 Å². The maximum Gasteiger partial charge on any atom is 0.269 e. The Morgan fingerprint density at radius 3 is 2.11 bits per heavy atom. The highest BCUT2D eigenvalue weighted by molar-refractivity contribution is 5.27. The molecular formula is C6H5NO2. The van der Waals surface area contributed by atoms with Crippen molar-refractivity contribution in [1.82, 2.24) is 0 Å². The lowest BCUT2D eigenvalue weighted by Crippen LogP contribution is -1.84. The lowest BCUT2D eigenvalue weighted by atomic mass is 11.3. The first kappa shape index (κ1) is 5.75. The third kappa shape index (κ3) is 1.25. The van der Waals surface area contributed by atoms with Gasteiger partial charge in [-0.05, 0) is 0 Å². The van der Waals surface area contributed by atoms with Crippen molar-refractivity contribution >= 4 is 5.69 Å². The van der Waals surface area contributed by atoms with Gasteiger partial charge >= 0.3 is 0 Å². The molecule has 0 aliphatic rings. The highest BCUT2D eigenvalue weighted by Crippen LogP contribution is 2.06. The number of non-ortho nitro benzene ring substituents is 1. The van der Waals surface area contributed by atoms with Gasteiger partial charge in [0.05, 0.1) is 4.92 Å². The molecule has 0 saturated heterocycles. The normalized spacial score (nSPS) is 8.89. The number of nitro groups is 1. The fraction of sp³-hybridized carbons (Fsp3) is 0. The smallest absolute Gasteiger partial charge is 0.258 e. The number of nitro benzene ring substituents is 1. The van der Waals surface area contributed by atoms with Crippen molar-refractivity contribution in [2.45, 2.75) is 0 Å². The van der Waals surface area contributed by atoms with Crippen molar-refractivity contribution in [3.8, 4) is 0 Å². The molecule has 0 N–H and O–H groups in total. The van der Waals surface area contributed by atoms with E-state index < -0.39 is 4.92 Å². The molecule has 0 unspecified atom stereocenters. The van der Waals surface area contributed by atoms with Crippen LogP contribution in [-0.2, 0) is 0 Å². The first-order valence-corrected chi connectivity index (χ1v) is 2.50. The van der Waals surface area contributed by atoms with E-state index in [0.29, 0.717) is 0 Å². The van der Waals surface area contributed by atoms with E-state index in [1.54, 1.807) is 18.2 Å². The van der Waals surface area contributed by atoms with Gasteiger partial charge < -0.3 is 0 Å². The standard InChI is InChI=1S/C6H5NO2/c8-7(9)6-4-2-1-3-5-6/h1-5H/i1+1,2+1,3+1,4+1,5+1,6+1. The molecule has 9 heavy (non-hydrogen) atoms. The average molecular weight is 129 g/mol. The van der Waals surface area contributed by atoms with E-state index in [4.69, 9.17) is 0 Å². The summed E-state index contributed by atoms with van der Waals surface area (Å²) in [6.07, 6.45) is 0. The van der Waals surface area contributed by atoms with Crippen LogP contribution < -0.4 is 0 Å². The lowest BCUT2D eigenvalue weighted by molar-refractivity contribution is -0.384. The molecule has 0 fully saturated rings. The van der Waals surface area contributed by atoms with Crippen LogP contribution in [-0.4, -0.2) is 4.92 Å². The van der Waals surface area contributed by atoms with Crippen LogP contribution in [0.4, 0.5) is 5.69 Å². The quantitative estimate of drug-likeness (QED) is 0.426. The van der Waals surface area contributed by atoms with E-state index in [2.05, 4.69) is 0 Å². The molecule has 0 bridgehead atoms. The van der Waals surface area contributed by atoms with E-state index in [9.17, 15) is 10.1 Å². The number of hydrogen-bond donors (Lipinski definition) is 0. The molecule has 0 spiro atoms. The van der Waals surface area contributed by atoms with Gasteiger partial charge in [-0.1, -0.05) is 18.2 Å². The number of rotatable bonds is 1. The minimum atomic E-state index is -0.417. The summed E-state index contributed by atoms with van der Waals surface area (Å²) < 4.78 is 0. The second-order valence-electron chi connectivity index (χ2n) is 1.59. The van der Waals surface area contributed by atoms with Gasteiger partial charge in [0.1, 0.15) is 0 Å². The Bertz CT molecular complexity index is 208. The Balaban J connectivity index is 2.98. The number of nitrogens with zero attached hydrogens (tertiary/aromatic N) is 1. The van der Waals surface area contributed by atoms with Gasteiger partial charge in [-0.2, -0.15) is 0 Å². The summed E-state index contributed by atoms with van der Waals surface area (Å²) in [4.78, 5) is 9.59. The van der Waals surface area contributed by atoms with Crippen LogP contribution in [0.5, 0.6) is 0 Å². The third-order valence-electron chi connectivity index (χ3n) is 0.967. The first-order chi connectivity index (χ1) is 4.30. The molecule has 0 amide bonds. The lowest BCUT2D eigenvalue weighted by Gasteiger charge is -1.85. The minimum Gasteiger partial charge on any atom is -0.258 e. The summed E-state index contributed by atoms with van der Waals surface area (Å²) in [6.45, 7) is 0. The predicted octanol–water partition coefficient (Wildman–Crippen LogP) is 1.59. The molecule has 0 aliphatic carbocycles. The first-order valence-electron chi connectivity index (χ1n) is 2.50.